The second-order valence-corrected chi connectivity index (χ2v) is 9.04. The summed E-state index contributed by atoms with van der Waals surface area (Å²) in [4.78, 5) is 21.4. The number of aliphatic hydroxyl groups excluding tert-OH is 1. The van der Waals surface area contributed by atoms with Crippen LogP contribution in [0.1, 0.15) is 42.9 Å². The van der Waals surface area contributed by atoms with E-state index in [2.05, 4.69) is 15.3 Å². The Bertz CT molecular complexity index is 1110. The highest BCUT2D eigenvalue weighted by molar-refractivity contribution is 6.01. The SMILES string of the molecule is C[C@H]1OC(c2ccc(OCCCO)cc2)=N[C@@]1(Cc1ccccc1CN=[N+]=[N-])C(=O)NCC1CC1. The maximum absolute atomic E-state index is 13.6. The van der Waals surface area contributed by atoms with Crippen LogP contribution in [-0.4, -0.2) is 48.3 Å². The van der Waals surface area contributed by atoms with E-state index in [0.29, 0.717) is 43.6 Å². The third-order valence-corrected chi connectivity index (χ3v) is 6.46. The van der Waals surface area contributed by atoms with Crippen LogP contribution in [0.25, 0.3) is 10.4 Å². The van der Waals surface area contributed by atoms with Crippen molar-refractivity contribution in [3.8, 4) is 5.75 Å². The van der Waals surface area contributed by atoms with Crippen molar-refractivity contribution >= 4 is 11.8 Å². The number of aliphatic imine (C=N–C) groups is 1. The predicted octanol–water partition coefficient (Wildman–Crippen LogP) is 3.93. The van der Waals surface area contributed by atoms with Crippen LogP contribution in [0, 0.1) is 5.92 Å². The number of rotatable bonds is 12. The van der Waals surface area contributed by atoms with E-state index in [-0.39, 0.29) is 19.1 Å². The molecule has 2 aliphatic rings. The Morgan fingerprint density at radius 2 is 2.00 bits per heavy atom. The number of aliphatic hydroxyl groups is 1. The van der Waals surface area contributed by atoms with Crippen LogP contribution < -0.4 is 10.1 Å². The van der Waals surface area contributed by atoms with E-state index in [1.165, 1.54) is 0 Å². The molecule has 1 amide bonds. The van der Waals surface area contributed by atoms with Crippen molar-refractivity contribution in [2.75, 3.05) is 19.8 Å². The molecule has 184 valence electrons. The zero-order valence-electron chi connectivity index (χ0n) is 19.9. The first kappa shape index (κ1) is 24.6. The number of amides is 1. The van der Waals surface area contributed by atoms with Crippen LogP contribution in [0.3, 0.4) is 0 Å². The maximum atomic E-state index is 13.6. The quantitative estimate of drug-likeness (QED) is 0.208. The van der Waals surface area contributed by atoms with E-state index in [4.69, 9.17) is 25.1 Å². The van der Waals surface area contributed by atoms with Crippen molar-refractivity contribution in [3.05, 3.63) is 75.7 Å². The number of nitrogens with zero attached hydrogens (tertiary/aromatic N) is 4. The molecule has 0 radical (unpaired) electrons. The minimum Gasteiger partial charge on any atom is -0.494 e. The second-order valence-electron chi connectivity index (χ2n) is 9.04. The van der Waals surface area contributed by atoms with Gasteiger partial charge in [0, 0.05) is 36.5 Å². The molecule has 35 heavy (non-hydrogen) atoms. The van der Waals surface area contributed by atoms with Gasteiger partial charge in [-0.25, -0.2) is 4.99 Å². The van der Waals surface area contributed by atoms with E-state index in [0.717, 1.165) is 29.5 Å². The third-order valence-electron chi connectivity index (χ3n) is 6.46. The molecule has 1 aliphatic carbocycles. The Hall–Kier alpha value is -3.55. The average Bonchev–Trinajstić information content (AvgIpc) is 3.65. The van der Waals surface area contributed by atoms with Crippen LogP contribution in [-0.2, 0) is 22.5 Å². The second kappa shape index (κ2) is 11.3. The smallest absolute Gasteiger partial charge is 0.252 e. The van der Waals surface area contributed by atoms with E-state index in [1.54, 1.807) is 0 Å². The highest BCUT2D eigenvalue weighted by Gasteiger charge is 2.50. The Kier molecular flexibility index (Phi) is 7.90. The highest BCUT2D eigenvalue weighted by atomic mass is 16.5. The number of carbonyl (C=O) groups is 1. The number of hydrogen-bond donors (Lipinski definition) is 2. The molecule has 2 aromatic carbocycles. The van der Waals surface area contributed by atoms with Gasteiger partial charge in [0.25, 0.3) is 5.91 Å². The van der Waals surface area contributed by atoms with Gasteiger partial charge in [-0.15, -0.1) is 0 Å². The topological polar surface area (TPSA) is 129 Å². The normalized spacial score (nSPS) is 21.0. The van der Waals surface area contributed by atoms with E-state index >= 15 is 0 Å². The largest absolute Gasteiger partial charge is 0.494 e. The number of azide groups is 1. The van der Waals surface area contributed by atoms with Gasteiger partial charge in [-0.05, 0) is 66.6 Å². The standard InChI is InChI=1S/C26H31N5O4/c1-18-26(25(33)28-16-19-7-8-19,15-21-5-2-3-6-22(21)17-29-31-27)30-24(35-18)20-9-11-23(12-10-20)34-14-4-13-32/h2-3,5-6,9-12,18-19,32H,4,7-8,13-17H2,1H3,(H,28,33)/t18-,26-/m1/s1. The van der Waals surface area contributed by atoms with Crippen LogP contribution in [0.2, 0.25) is 0 Å². The fraction of sp³-hybridized carbons (Fsp3) is 0.462. The minimum atomic E-state index is -1.15. The third kappa shape index (κ3) is 5.93. The monoisotopic (exact) mass is 477 g/mol. The van der Waals surface area contributed by atoms with E-state index < -0.39 is 11.6 Å². The van der Waals surface area contributed by atoms with Gasteiger partial charge in [-0.3, -0.25) is 4.79 Å². The summed E-state index contributed by atoms with van der Waals surface area (Å²) in [5.41, 5.74) is 10.2. The number of benzene rings is 2. The Labute approximate surface area is 204 Å². The van der Waals surface area contributed by atoms with E-state index in [1.807, 2.05) is 55.5 Å². The first-order valence-corrected chi connectivity index (χ1v) is 12.0. The molecule has 0 spiro atoms. The van der Waals surface area contributed by atoms with Crippen LogP contribution in [0.15, 0.2) is 58.6 Å². The Morgan fingerprint density at radius 3 is 2.69 bits per heavy atom. The predicted molar refractivity (Wildman–Crippen MR) is 132 cm³/mol. The molecule has 0 unspecified atom stereocenters. The van der Waals surface area contributed by atoms with Crippen molar-refractivity contribution in [2.45, 2.75) is 50.8 Å². The molecule has 0 aromatic heterocycles. The van der Waals surface area contributed by atoms with Gasteiger partial charge < -0.3 is 19.9 Å². The summed E-state index contributed by atoms with van der Waals surface area (Å²) in [6.07, 6.45) is 2.66. The summed E-state index contributed by atoms with van der Waals surface area (Å²) in [6, 6.07) is 15.0. The Balaban J connectivity index is 1.62. The molecule has 1 heterocycles. The summed E-state index contributed by atoms with van der Waals surface area (Å²) in [6.45, 7) is 3.23. The summed E-state index contributed by atoms with van der Waals surface area (Å²) >= 11 is 0. The van der Waals surface area contributed by atoms with Crippen molar-refractivity contribution in [1.29, 1.82) is 0 Å². The molecule has 1 saturated carbocycles. The zero-order valence-corrected chi connectivity index (χ0v) is 19.9. The molecule has 9 heteroatoms. The molecule has 0 saturated heterocycles. The maximum Gasteiger partial charge on any atom is 0.252 e. The number of ether oxygens (including phenoxy) is 2. The van der Waals surface area contributed by atoms with Gasteiger partial charge in [0.1, 0.15) is 11.9 Å². The first-order valence-electron chi connectivity index (χ1n) is 12.0. The van der Waals surface area contributed by atoms with Gasteiger partial charge in [0.2, 0.25) is 5.90 Å². The number of hydrogen-bond acceptors (Lipinski definition) is 6. The molecule has 4 rings (SSSR count). The number of nitrogens with one attached hydrogen (secondary N) is 1. The van der Waals surface area contributed by atoms with Crippen molar-refractivity contribution in [3.63, 3.8) is 0 Å². The lowest BCUT2D eigenvalue weighted by Gasteiger charge is -2.29. The van der Waals surface area contributed by atoms with Crippen LogP contribution in [0.4, 0.5) is 0 Å². The molecule has 1 aliphatic heterocycles. The molecule has 2 aromatic rings. The molecular formula is C26H31N5O4. The highest BCUT2D eigenvalue weighted by Crippen LogP contribution is 2.34. The lowest BCUT2D eigenvalue weighted by molar-refractivity contribution is -0.128. The fourth-order valence-electron chi connectivity index (χ4n) is 4.14. The van der Waals surface area contributed by atoms with Crippen LogP contribution >= 0.6 is 0 Å². The summed E-state index contributed by atoms with van der Waals surface area (Å²) in [5.74, 6) is 1.48. The summed E-state index contributed by atoms with van der Waals surface area (Å²) < 4.78 is 11.8. The van der Waals surface area contributed by atoms with Crippen molar-refractivity contribution in [2.24, 2.45) is 16.0 Å². The minimum absolute atomic E-state index is 0.0809. The lowest BCUT2D eigenvalue weighted by Crippen LogP contribution is -2.53. The Morgan fingerprint density at radius 1 is 1.26 bits per heavy atom. The zero-order chi connectivity index (χ0) is 24.7. The van der Waals surface area contributed by atoms with Crippen molar-refractivity contribution in [1.82, 2.24) is 5.32 Å². The van der Waals surface area contributed by atoms with Crippen LogP contribution in [0.5, 0.6) is 5.75 Å². The van der Waals surface area contributed by atoms with Gasteiger partial charge in [0.15, 0.2) is 5.54 Å². The molecule has 0 bridgehead atoms. The van der Waals surface area contributed by atoms with Gasteiger partial charge in [-0.2, -0.15) is 0 Å². The molecule has 9 nitrogen and oxygen atoms in total. The lowest BCUT2D eigenvalue weighted by atomic mass is 9.84. The molecule has 1 fully saturated rings. The molecular weight excluding hydrogens is 446 g/mol. The first-order chi connectivity index (χ1) is 17.1. The molecule has 2 N–H and O–H groups in total. The summed E-state index contributed by atoms with van der Waals surface area (Å²) in [7, 11) is 0. The van der Waals surface area contributed by atoms with Gasteiger partial charge in [0.05, 0.1) is 13.2 Å². The average molecular weight is 478 g/mol. The van der Waals surface area contributed by atoms with Gasteiger partial charge >= 0.3 is 0 Å². The van der Waals surface area contributed by atoms with E-state index in [9.17, 15) is 4.79 Å². The van der Waals surface area contributed by atoms with Gasteiger partial charge in [-0.1, -0.05) is 29.4 Å². The molecule has 2 atom stereocenters. The van der Waals surface area contributed by atoms with Crippen molar-refractivity contribution < 1.29 is 19.4 Å². The fourth-order valence-corrected chi connectivity index (χ4v) is 4.14. The summed E-state index contributed by atoms with van der Waals surface area (Å²) in [5, 5.41) is 15.7. The number of carbonyl (C=O) groups excluding carboxylic acids is 1.